The van der Waals surface area contributed by atoms with Gasteiger partial charge in [0.1, 0.15) is 0 Å². The number of hydrogen-bond donors (Lipinski definition) is 0. The molecule has 3 saturated heterocycles. The third-order valence-electron chi connectivity index (χ3n) is 5.74. The van der Waals surface area contributed by atoms with Gasteiger partial charge in [-0.2, -0.15) is 0 Å². The maximum atomic E-state index is 4.40. The summed E-state index contributed by atoms with van der Waals surface area (Å²) in [4.78, 5) is 0. The van der Waals surface area contributed by atoms with Gasteiger partial charge in [0, 0.05) is 0 Å². The van der Waals surface area contributed by atoms with E-state index < -0.39 is 8.56 Å². The predicted octanol–water partition coefficient (Wildman–Crippen LogP) is 3.11. The van der Waals surface area contributed by atoms with Gasteiger partial charge in [0.2, 0.25) is 0 Å². The van der Waals surface area contributed by atoms with E-state index in [9.17, 15) is 0 Å². The third-order valence-corrected chi connectivity index (χ3v) is 10.4. The van der Waals surface area contributed by atoms with E-state index in [0.29, 0.717) is 0 Å². The average molecular weight is 308 g/mol. The van der Waals surface area contributed by atoms with Crippen LogP contribution in [-0.4, -0.2) is 61.5 Å². The van der Waals surface area contributed by atoms with Gasteiger partial charge in [-0.25, -0.2) is 0 Å². The van der Waals surface area contributed by atoms with Crippen LogP contribution in [0.25, 0.3) is 0 Å². The van der Waals surface area contributed by atoms with E-state index in [0.717, 1.165) is 0 Å². The predicted molar refractivity (Wildman–Crippen MR) is 92.2 cm³/mol. The Morgan fingerprint density at radius 1 is 0.524 bits per heavy atom. The van der Waals surface area contributed by atoms with Crippen molar-refractivity contribution in [1.29, 1.82) is 0 Å². The number of hydrogen-bond acceptors (Lipinski definition) is 3. The van der Waals surface area contributed by atoms with Crippen molar-refractivity contribution in [3.63, 3.8) is 0 Å². The highest BCUT2D eigenvalue weighted by atomic mass is 28.4. The minimum atomic E-state index is -1.80. The molecule has 120 valence electrons. The first kappa shape index (κ1) is 15.7. The second-order valence-electron chi connectivity index (χ2n) is 7.03. The summed E-state index contributed by atoms with van der Waals surface area (Å²) in [6, 6.07) is 0. The first-order valence-corrected chi connectivity index (χ1v) is 11.2. The molecule has 0 spiro atoms. The minimum Gasteiger partial charge on any atom is -0.296 e. The molecule has 3 fully saturated rings. The second kappa shape index (κ2) is 7.40. The molecule has 3 aliphatic heterocycles. The maximum absolute atomic E-state index is 4.40. The van der Waals surface area contributed by atoms with Crippen LogP contribution in [0.4, 0.5) is 0 Å². The zero-order valence-corrected chi connectivity index (χ0v) is 14.7. The van der Waals surface area contributed by atoms with Gasteiger partial charge >= 0.3 is 8.56 Å². The fraction of sp³-hybridized carbons (Fsp3) is 0.882. The molecule has 3 aliphatic rings. The molecule has 0 aliphatic carbocycles. The van der Waals surface area contributed by atoms with Crippen molar-refractivity contribution in [2.24, 2.45) is 0 Å². The van der Waals surface area contributed by atoms with E-state index in [1.807, 2.05) is 0 Å². The van der Waals surface area contributed by atoms with Crippen LogP contribution in [-0.2, 0) is 0 Å². The quantitative estimate of drug-likeness (QED) is 0.739. The van der Waals surface area contributed by atoms with Crippen LogP contribution in [0.2, 0.25) is 0 Å². The number of nitrogens with zero attached hydrogens (tertiary/aromatic N) is 3. The van der Waals surface area contributed by atoms with E-state index >= 15 is 0 Å². The first-order valence-electron chi connectivity index (χ1n) is 9.27. The molecular weight excluding hydrogens is 274 g/mol. The van der Waals surface area contributed by atoms with Crippen LogP contribution in [0.15, 0.2) is 12.3 Å². The van der Waals surface area contributed by atoms with Crippen molar-refractivity contribution in [1.82, 2.24) is 13.7 Å². The van der Waals surface area contributed by atoms with E-state index in [2.05, 4.69) is 26.0 Å². The number of rotatable bonds is 4. The SMILES string of the molecule is C=C[Si](N1CCCCC1)(N1CCCCC1)N1CCCCC1. The largest absolute Gasteiger partial charge is 0.315 e. The van der Waals surface area contributed by atoms with Crippen molar-refractivity contribution < 1.29 is 0 Å². The lowest BCUT2D eigenvalue weighted by molar-refractivity contribution is 0.196. The van der Waals surface area contributed by atoms with Crippen molar-refractivity contribution in [2.45, 2.75) is 57.8 Å². The van der Waals surface area contributed by atoms with Crippen molar-refractivity contribution in [3.8, 4) is 0 Å². The average Bonchev–Trinajstić information content (AvgIpc) is 2.59. The molecule has 3 heterocycles. The summed E-state index contributed by atoms with van der Waals surface area (Å²) in [6.07, 6.45) is 12.6. The number of piperidine rings is 3. The van der Waals surface area contributed by atoms with Crippen LogP contribution < -0.4 is 0 Å². The lowest BCUT2D eigenvalue weighted by atomic mass is 10.2. The summed E-state index contributed by atoms with van der Waals surface area (Å²) in [7, 11) is -1.80. The van der Waals surface area contributed by atoms with Gasteiger partial charge in [-0.15, -0.1) is 6.58 Å². The summed E-state index contributed by atoms with van der Waals surface area (Å²) >= 11 is 0. The highest BCUT2D eigenvalue weighted by Gasteiger charge is 2.49. The highest BCUT2D eigenvalue weighted by Crippen LogP contribution is 2.30. The van der Waals surface area contributed by atoms with Crippen LogP contribution in [0.1, 0.15) is 57.8 Å². The Balaban J connectivity index is 1.87. The summed E-state index contributed by atoms with van der Waals surface area (Å²) in [5.41, 5.74) is 2.43. The zero-order valence-electron chi connectivity index (χ0n) is 13.7. The molecule has 0 amide bonds. The summed E-state index contributed by atoms with van der Waals surface area (Å²) < 4.78 is 8.67. The summed E-state index contributed by atoms with van der Waals surface area (Å²) in [5, 5.41) is 0. The molecular formula is C17H33N3Si. The fourth-order valence-electron chi connectivity index (χ4n) is 4.66. The van der Waals surface area contributed by atoms with Crippen molar-refractivity contribution >= 4 is 8.56 Å². The fourth-order valence-corrected chi connectivity index (χ4v) is 9.55. The van der Waals surface area contributed by atoms with E-state index in [1.54, 1.807) is 0 Å². The molecule has 3 rings (SSSR count). The molecule has 0 bridgehead atoms. The molecule has 0 atom stereocenters. The Hall–Kier alpha value is -0.163. The Kier molecular flexibility index (Phi) is 5.54. The standard InChI is InChI=1S/C17H33N3Si/c1-2-21(18-12-6-3-7-13-18,19-14-8-4-9-15-19)20-16-10-5-11-17-20/h2H,1,3-17H2. The maximum Gasteiger partial charge on any atom is 0.315 e. The molecule has 3 nitrogen and oxygen atoms in total. The van der Waals surface area contributed by atoms with Gasteiger partial charge in [-0.3, -0.25) is 13.7 Å². The van der Waals surface area contributed by atoms with Crippen molar-refractivity contribution in [3.05, 3.63) is 12.3 Å². The lowest BCUT2D eigenvalue weighted by Crippen LogP contribution is -2.76. The minimum absolute atomic E-state index is 1.31. The molecule has 0 aromatic carbocycles. The van der Waals surface area contributed by atoms with Gasteiger partial charge < -0.3 is 0 Å². The van der Waals surface area contributed by atoms with E-state index in [-0.39, 0.29) is 0 Å². The van der Waals surface area contributed by atoms with Gasteiger partial charge in [0.25, 0.3) is 0 Å². The molecule has 0 saturated carbocycles. The Morgan fingerprint density at radius 2 is 0.810 bits per heavy atom. The van der Waals surface area contributed by atoms with Crippen LogP contribution in [0.3, 0.4) is 0 Å². The summed E-state index contributed by atoms with van der Waals surface area (Å²) in [6.45, 7) is 12.3. The molecule has 0 aromatic heterocycles. The van der Waals surface area contributed by atoms with Crippen molar-refractivity contribution in [2.75, 3.05) is 39.3 Å². The molecule has 4 heteroatoms. The lowest BCUT2D eigenvalue weighted by Gasteiger charge is -2.55. The van der Waals surface area contributed by atoms with Crippen LogP contribution in [0, 0.1) is 0 Å². The Morgan fingerprint density at radius 3 is 1.05 bits per heavy atom. The smallest absolute Gasteiger partial charge is 0.296 e. The topological polar surface area (TPSA) is 9.72 Å². The highest BCUT2D eigenvalue weighted by molar-refractivity contribution is 6.76. The normalized spacial score (nSPS) is 27.6. The van der Waals surface area contributed by atoms with Crippen LogP contribution in [0.5, 0.6) is 0 Å². The molecule has 21 heavy (non-hydrogen) atoms. The Bertz CT molecular complexity index is 283. The monoisotopic (exact) mass is 307 g/mol. The van der Waals surface area contributed by atoms with Gasteiger partial charge in [0.05, 0.1) is 0 Å². The molecule has 0 aromatic rings. The second-order valence-corrected chi connectivity index (χ2v) is 10.7. The van der Waals surface area contributed by atoms with Crippen LogP contribution >= 0.6 is 0 Å². The summed E-state index contributed by atoms with van der Waals surface area (Å²) in [5.74, 6) is 0. The molecule has 0 radical (unpaired) electrons. The van der Waals surface area contributed by atoms with Gasteiger partial charge in [-0.05, 0) is 77.8 Å². The zero-order chi connectivity index (χ0) is 14.5. The Labute approximate surface area is 132 Å². The van der Waals surface area contributed by atoms with Gasteiger partial charge in [0.15, 0.2) is 0 Å². The molecule has 0 N–H and O–H groups in total. The third kappa shape index (κ3) is 3.14. The van der Waals surface area contributed by atoms with Gasteiger partial charge in [-0.1, -0.05) is 25.0 Å². The van der Waals surface area contributed by atoms with E-state index in [4.69, 9.17) is 0 Å². The van der Waals surface area contributed by atoms with E-state index in [1.165, 1.54) is 97.1 Å². The first-order chi connectivity index (χ1) is 10.4. The molecule has 0 unspecified atom stereocenters.